The number of carbonyl (C=O) groups is 2. The molecule has 6 heteroatoms. The minimum atomic E-state index is -0.457. The molecule has 5 nitrogen and oxygen atoms in total. The first-order valence-corrected chi connectivity index (χ1v) is 11.6. The third-order valence-electron chi connectivity index (χ3n) is 4.68. The lowest BCUT2D eigenvalue weighted by Crippen LogP contribution is -2.12. The highest BCUT2D eigenvalue weighted by molar-refractivity contribution is 7.15. The highest BCUT2D eigenvalue weighted by atomic mass is 32.1. The van der Waals surface area contributed by atoms with Gasteiger partial charge in [0.05, 0.1) is 13.2 Å². The van der Waals surface area contributed by atoms with Crippen LogP contribution < -0.4 is 10.1 Å². The molecule has 166 valence electrons. The second kappa shape index (κ2) is 11.9. The summed E-state index contributed by atoms with van der Waals surface area (Å²) in [6.45, 7) is 4.75. The van der Waals surface area contributed by atoms with Gasteiger partial charge in [0.2, 0.25) is 5.91 Å². The Balaban J connectivity index is 1.80. The van der Waals surface area contributed by atoms with E-state index in [1.54, 1.807) is 13.0 Å². The summed E-state index contributed by atoms with van der Waals surface area (Å²) in [6, 6.07) is 17.2. The molecule has 0 radical (unpaired) electrons. The van der Waals surface area contributed by atoms with Crippen molar-refractivity contribution in [3.8, 4) is 16.9 Å². The number of carbonyl (C=O) groups excluding carboxylic acids is 2. The predicted molar refractivity (Wildman–Crippen MR) is 130 cm³/mol. The molecule has 0 spiro atoms. The van der Waals surface area contributed by atoms with E-state index in [9.17, 15) is 9.59 Å². The Kier molecular flexibility index (Phi) is 8.63. The van der Waals surface area contributed by atoms with Crippen LogP contribution in [0.3, 0.4) is 0 Å². The highest BCUT2D eigenvalue weighted by Crippen LogP contribution is 2.36. The van der Waals surface area contributed by atoms with Gasteiger partial charge in [-0.2, -0.15) is 0 Å². The third kappa shape index (κ3) is 6.08. The van der Waals surface area contributed by atoms with Crippen LogP contribution in [0.1, 0.15) is 42.6 Å². The van der Waals surface area contributed by atoms with Gasteiger partial charge in [-0.3, -0.25) is 4.79 Å². The number of nitrogens with one attached hydrogen (secondary N) is 1. The Hall–Kier alpha value is -3.38. The molecule has 1 N–H and O–H groups in total. The van der Waals surface area contributed by atoms with Crippen molar-refractivity contribution in [2.45, 2.75) is 26.7 Å². The van der Waals surface area contributed by atoms with E-state index in [0.717, 1.165) is 35.3 Å². The van der Waals surface area contributed by atoms with E-state index in [1.165, 1.54) is 17.4 Å². The summed E-state index contributed by atoms with van der Waals surface area (Å²) in [5.41, 5.74) is 2.82. The lowest BCUT2D eigenvalue weighted by molar-refractivity contribution is -0.111. The van der Waals surface area contributed by atoms with E-state index in [-0.39, 0.29) is 12.5 Å². The first-order chi connectivity index (χ1) is 15.6. The van der Waals surface area contributed by atoms with Gasteiger partial charge in [-0.05, 0) is 31.1 Å². The summed E-state index contributed by atoms with van der Waals surface area (Å²) >= 11 is 1.30. The molecule has 0 atom stereocenters. The summed E-state index contributed by atoms with van der Waals surface area (Å²) in [5.74, 6) is -0.0541. The van der Waals surface area contributed by atoms with Crippen molar-refractivity contribution in [2.75, 3.05) is 18.5 Å². The summed E-state index contributed by atoms with van der Waals surface area (Å²) in [7, 11) is 0. The number of esters is 1. The van der Waals surface area contributed by atoms with Gasteiger partial charge in [-0.15, -0.1) is 11.3 Å². The van der Waals surface area contributed by atoms with Crippen molar-refractivity contribution in [1.29, 1.82) is 0 Å². The molecular weight excluding hydrogens is 422 g/mol. The molecule has 1 heterocycles. The Morgan fingerprint density at radius 2 is 1.78 bits per heavy atom. The molecule has 0 saturated carbocycles. The number of anilines is 1. The molecule has 3 aromatic rings. The van der Waals surface area contributed by atoms with Gasteiger partial charge in [0.25, 0.3) is 0 Å². The van der Waals surface area contributed by atoms with Crippen LogP contribution in [0, 0.1) is 0 Å². The smallest absolute Gasteiger partial charge is 0.341 e. The number of ether oxygens (including phenoxy) is 2. The lowest BCUT2D eigenvalue weighted by Gasteiger charge is -2.09. The van der Waals surface area contributed by atoms with Gasteiger partial charge in [0.1, 0.15) is 16.3 Å². The summed E-state index contributed by atoms with van der Waals surface area (Å²) in [6.07, 6.45) is 5.18. The Labute approximate surface area is 192 Å². The molecule has 3 rings (SSSR count). The van der Waals surface area contributed by atoms with Gasteiger partial charge in [-0.1, -0.05) is 61.9 Å². The zero-order valence-electron chi connectivity index (χ0n) is 18.3. The van der Waals surface area contributed by atoms with Crippen molar-refractivity contribution in [1.82, 2.24) is 0 Å². The van der Waals surface area contributed by atoms with Crippen molar-refractivity contribution < 1.29 is 19.1 Å². The Morgan fingerprint density at radius 3 is 2.53 bits per heavy atom. The number of para-hydroxylation sites is 1. The number of thiophene rings is 1. The third-order valence-corrected chi connectivity index (χ3v) is 5.58. The van der Waals surface area contributed by atoms with Crippen molar-refractivity contribution in [3.63, 3.8) is 0 Å². The van der Waals surface area contributed by atoms with E-state index in [2.05, 4.69) is 12.2 Å². The molecule has 32 heavy (non-hydrogen) atoms. The number of hydrogen-bond acceptors (Lipinski definition) is 5. The summed E-state index contributed by atoms with van der Waals surface area (Å²) in [5, 5.41) is 5.15. The van der Waals surface area contributed by atoms with Crippen LogP contribution in [-0.4, -0.2) is 25.1 Å². The molecule has 2 aromatic carbocycles. The quantitative estimate of drug-likeness (QED) is 0.220. The zero-order chi connectivity index (χ0) is 22.8. The summed E-state index contributed by atoms with van der Waals surface area (Å²) in [4.78, 5) is 25.3. The number of hydrogen-bond donors (Lipinski definition) is 1. The fraction of sp³-hybridized carbons (Fsp3) is 0.231. The molecule has 0 saturated heterocycles. The standard InChI is InChI=1S/C26H27NO4S/c1-3-5-17-31-22-14-10-9-13-20(22)15-16-23(28)27-25-24(26(29)30-4-2)21(18-32-25)19-11-7-6-8-12-19/h6-16,18H,3-5,17H2,1-2H3,(H,27,28). The van der Waals surface area contributed by atoms with Crippen molar-refractivity contribution in [2.24, 2.45) is 0 Å². The van der Waals surface area contributed by atoms with Gasteiger partial charge in [0, 0.05) is 22.6 Å². The Bertz CT molecular complexity index is 1070. The fourth-order valence-corrected chi connectivity index (χ4v) is 4.04. The minimum absolute atomic E-state index is 0.255. The molecule has 0 aliphatic heterocycles. The number of rotatable bonds is 10. The largest absolute Gasteiger partial charge is 0.493 e. The molecule has 0 fully saturated rings. The number of amides is 1. The van der Waals surface area contributed by atoms with Gasteiger partial charge in [-0.25, -0.2) is 4.79 Å². The minimum Gasteiger partial charge on any atom is -0.493 e. The average Bonchev–Trinajstić information content (AvgIpc) is 3.23. The summed E-state index contributed by atoms with van der Waals surface area (Å²) < 4.78 is 11.1. The van der Waals surface area contributed by atoms with Gasteiger partial charge < -0.3 is 14.8 Å². The number of benzene rings is 2. The zero-order valence-corrected chi connectivity index (χ0v) is 19.1. The molecule has 1 amide bonds. The van der Waals surface area contributed by atoms with E-state index in [1.807, 2.05) is 60.0 Å². The van der Waals surface area contributed by atoms with E-state index >= 15 is 0 Å². The van der Waals surface area contributed by atoms with E-state index in [4.69, 9.17) is 9.47 Å². The van der Waals surface area contributed by atoms with Crippen LogP contribution in [-0.2, 0) is 9.53 Å². The average molecular weight is 450 g/mol. The molecule has 1 aromatic heterocycles. The maximum Gasteiger partial charge on any atom is 0.341 e. The maximum atomic E-state index is 12.7. The highest BCUT2D eigenvalue weighted by Gasteiger charge is 2.22. The van der Waals surface area contributed by atoms with Crippen LogP contribution in [0.25, 0.3) is 17.2 Å². The number of unbranched alkanes of at least 4 members (excludes halogenated alkanes) is 1. The SMILES string of the molecule is CCCCOc1ccccc1C=CC(=O)Nc1scc(-c2ccccc2)c1C(=O)OCC. The topological polar surface area (TPSA) is 64.6 Å². The van der Waals surface area contributed by atoms with Gasteiger partial charge >= 0.3 is 5.97 Å². The molecule has 0 unspecified atom stereocenters. The van der Waals surface area contributed by atoms with Crippen LogP contribution in [0.15, 0.2) is 66.1 Å². The molecule has 0 bridgehead atoms. The van der Waals surface area contributed by atoms with Crippen LogP contribution in [0.5, 0.6) is 5.75 Å². The maximum absolute atomic E-state index is 12.7. The van der Waals surface area contributed by atoms with E-state index < -0.39 is 5.97 Å². The first kappa shape index (κ1) is 23.3. The fourth-order valence-electron chi connectivity index (χ4n) is 3.08. The monoisotopic (exact) mass is 449 g/mol. The molecule has 0 aliphatic rings. The second-order valence-corrected chi connectivity index (χ2v) is 7.88. The Morgan fingerprint density at radius 1 is 1.03 bits per heavy atom. The van der Waals surface area contributed by atoms with Crippen molar-refractivity contribution in [3.05, 3.63) is 77.2 Å². The van der Waals surface area contributed by atoms with Crippen LogP contribution in [0.4, 0.5) is 5.00 Å². The van der Waals surface area contributed by atoms with Crippen LogP contribution in [0.2, 0.25) is 0 Å². The first-order valence-electron chi connectivity index (χ1n) is 10.7. The van der Waals surface area contributed by atoms with Crippen molar-refractivity contribution >= 4 is 34.3 Å². The normalized spacial score (nSPS) is 10.8. The van der Waals surface area contributed by atoms with Crippen LogP contribution >= 0.6 is 11.3 Å². The van der Waals surface area contributed by atoms with Gasteiger partial charge in [0.15, 0.2) is 0 Å². The lowest BCUT2D eigenvalue weighted by atomic mass is 10.0. The second-order valence-electron chi connectivity index (χ2n) is 7.00. The molecule has 0 aliphatic carbocycles. The molecular formula is C26H27NO4S. The van der Waals surface area contributed by atoms with E-state index in [0.29, 0.717) is 17.2 Å². The predicted octanol–water partition coefficient (Wildman–Crippen LogP) is 6.42.